The zero-order valence-corrected chi connectivity index (χ0v) is 11.0. The van der Waals surface area contributed by atoms with Gasteiger partial charge in [0.2, 0.25) is 5.91 Å². The summed E-state index contributed by atoms with van der Waals surface area (Å²) < 4.78 is 5.20. The van der Waals surface area contributed by atoms with E-state index in [2.05, 4.69) is 19.2 Å². The molecule has 0 radical (unpaired) electrons. The summed E-state index contributed by atoms with van der Waals surface area (Å²) in [6, 6.07) is 0. The SMILES string of the molecule is CCCC(C)CC(=O)NCC1(O)CCOCC1. The smallest absolute Gasteiger partial charge is 0.220 e. The third-order valence-corrected chi connectivity index (χ3v) is 3.35. The largest absolute Gasteiger partial charge is 0.388 e. The van der Waals surface area contributed by atoms with Crippen molar-refractivity contribution in [3.8, 4) is 0 Å². The van der Waals surface area contributed by atoms with Gasteiger partial charge in [0.1, 0.15) is 0 Å². The number of hydrogen-bond acceptors (Lipinski definition) is 3. The second kappa shape index (κ2) is 6.97. The molecule has 0 spiro atoms. The molecular formula is C13H25NO3. The predicted molar refractivity (Wildman–Crippen MR) is 66.7 cm³/mol. The fourth-order valence-electron chi connectivity index (χ4n) is 2.17. The molecular weight excluding hydrogens is 218 g/mol. The van der Waals surface area contributed by atoms with Gasteiger partial charge >= 0.3 is 0 Å². The fourth-order valence-corrected chi connectivity index (χ4v) is 2.17. The molecule has 1 aliphatic heterocycles. The highest BCUT2D eigenvalue weighted by molar-refractivity contribution is 5.76. The minimum absolute atomic E-state index is 0.0471. The first kappa shape index (κ1) is 14.5. The van der Waals surface area contributed by atoms with E-state index in [9.17, 15) is 9.90 Å². The number of rotatable bonds is 6. The number of aliphatic hydroxyl groups is 1. The van der Waals surface area contributed by atoms with Crippen molar-refractivity contribution in [3.05, 3.63) is 0 Å². The molecule has 1 fully saturated rings. The Morgan fingerprint density at radius 3 is 2.71 bits per heavy atom. The van der Waals surface area contributed by atoms with Crippen molar-refractivity contribution in [1.29, 1.82) is 0 Å². The van der Waals surface area contributed by atoms with Crippen LogP contribution in [0.4, 0.5) is 0 Å². The highest BCUT2D eigenvalue weighted by Crippen LogP contribution is 2.19. The summed E-state index contributed by atoms with van der Waals surface area (Å²) in [6.45, 7) is 5.73. The molecule has 1 rings (SSSR count). The molecule has 0 aliphatic carbocycles. The Morgan fingerprint density at radius 1 is 1.47 bits per heavy atom. The number of ether oxygens (including phenoxy) is 1. The third-order valence-electron chi connectivity index (χ3n) is 3.35. The van der Waals surface area contributed by atoms with Crippen molar-refractivity contribution in [2.24, 2.45) is 5.92 Å². The Bertz CT molecular complexity index is 237. The molecule has 2 N–H and O–H groups in total. The second-order valence-corrected chi connectivity index (χ2v) is 5.21. The Hall–Kier alpha value is -0.610. The van der Waals surface area contributed by atoms with Gasteiger partial charge in [0.15, 0.2) is 0 Å². The van der Waals surface area contributed by atoms with Crippen molar-refractivity contribution >= 4 is 5.91 Å². The lowest BCUT2D eigenvalue weighted by Gasteiger charge is -2.32. The average Bonchev–Trinajstić information content (AvgIpc) is 2.28. The summed E-state index contributed by atoms with van der Waals surface area (Å²) in [5.41, 5.74) is -0.762. The first-order valence-electron chi connectivity index (χ1n) is 6.62. The maximum Gasteiger partial charge on any atom is 0.220 e. The zero-order valence-electron chi connectivity index (χ0n) is 11.0. The highest BCUT2D eigenvalue weighted by atomic mass is 16.5. The molecule has 0 aromatic rings. The van der Waals surface area contributed by atoms with Gasteiger partial charge in [0.05, 0.1) is 5.60 Å². The van der Waals surface area contributed by atoms with Gasteiger partial charge in [0.25, 0.3) is 0 Å². The molecule has 1 heterocycles. The van der Waals surface area contributed by atoms with Gasteiger partial charge in [0, 0.05) is 39.0 Å². The summed E-state index contributed by atoms with van der Waals surface area (Å²) in [5, 5.41) is 13.0. The summed E-state index contributed by atoms with van der Waals surface area (Å²) in [4.78, 5) is 11.7. The van der Waals surface area contributed by atoms with Gasteiger partial charge in [-0.3, -0.25) is 4.79 Å². The van der Waals surface area contributed by atoms with Crippen LogP contribution in [-0.2, 0) is 9.53 Å². The lowest BCUT2D eigenvalue weighted by Crippen LogP contribution is -2.46. The fraction of sp³-hybridized carbons (Fsp3) is 0.923. The van der Waals surface area contributed by atoms with Crippen molar-refractivity contribution in [3.63, 3.8) is 0 Å². The van der Waals surface area contributed by atoms with Gasteiger partial charge in [-0.25, -0.2) is 0 Å². The van der Waals surface area contributed by atoms with Crippen LogP contribution in [0.3, 0.4) is 0 Å². The van der Waals surface area contributed by atoms with Crippen LogP contribution in [0.1, 0.15) is 46.0 Å². The Balaban J connectivity index is 2.22. The van der Waals surface area contributed by atoms with E-state index < -0.39 is 5.60 Å². The number of hydrogen-bond donors (Lipinski definition) is 2. The molecule has 1 unspecified atom stereocenters. The maximum absolute atomic E-state index is 11.7. The van der Waals surface area contributed by atoms with Crippen LogP contribution < -0.4 is 5.32 Å². The molecule has 4 nitrogen and oxygen atoms in total. The minimum Gasteiger partial charge on any atom is -0.388 e. The lowest BCUT2D eigenvalue weighted by atomic mass is 9.94. The molecule has 1 aliphatic rings. The van der Waals surface area contributed by atoms with Crippen LogP contribution in [0.25, 0.3) is 0 Å². The number of carbonyl (C=O) groups excluding carboxylic acids is 1. The minimum atomic E-state index is -0.762. The van der Waals surface area contributed by atoms with E-state index in [0.29, 0.717) is 44.9 Å². The topological polar surface area (TPSA) is 58.6 Å². The van der Waals surface area contributed by atoms with Crippen LogP contribution in [0.5, 0.6) is 0 Å². The van der Waals surface area contributed by atoms with E-state index in [1.807, 2.05) is 0 Å². The average molecular weight is 243 g/mol. The first-order valence-corrected chi connectivity index (χ1v) is 6.62. The van der Waals surface area contributed by atoms with Crippen LogP contribution in [0.15, 0.2) is 0 Å². The molecule has 17 heavy (non-hydrogen) atoms. The normalized spacial score (nSPS) is 20.9. The highest BCUT2D eigenvalue weighted by Gasteiger charge is 2.30. The van der Waals surface area contributed by atoms with Crippen molar-refractivity contribution < 1.29 is 14.6 Å². The van der Waals surface area contributed by atoms with Crippen molar-refractivity contribution in [2.75, 3.05) is 19.8 Å². The molecule has 0 aromatic carbocycles. The molecule has 4 heteroatoms. The number of carbonyl (C=O) groups is 1. The monoisotopic (exact) mass is 243 g/mol. The Labute approximate surface area is 104 Å². The quantitative estimate of drug-likeness (QED) is 0.742. The Morgan fingerprint density at radius 2 is 2.12 bits per heavy atom. The van der Waals surface area contributed by atoms with Crippen LogP contribution in [0, 0.1) is 5.92 Å². The molecule has 0 aromatic heterocycles. The molecule has 0 bridgehead atoms. The summed E-state index contributed by atoms with van der Waals surface area (Å²) in [5.74, 6) is 0.468. The molecule has 100 valence electrons. The molecule has 0 saturated carbocycles. The predicted octanol–water partition coefficient (Wildman–Crippen LogP) is 1.47. The van der Waals surface area contributed by atoms with Crippen LogP contribution >= 0.6 is 0 Å². The summed E-state index contributed by atoms with van der Waals surface area (Å²) in [6.07, 6.45) is 3.96. The number of nitrogens with one attached hydrogen (secondary N) is 1. The van der Waals surface area contributed by atoms with E-state index in [-0.39, 0.29) is 5.91 Å². The zero-order chi connectivity index (χ0) is 12.7. The van der Waals surface area contributed by atoms with E-state index in [1.165, 1.54) is 0 Å². The van der Waals surface area contributed by atoms with Gasteiger partial charge in [-0.05, 0) is 5.92 Å². The maximum atomic E-state index is 11.7. The molecule has 1 atom stereocenters. The first-order chi connectivity index (χ1) is 8.06. The lowest BCUT2D eigenvalue weighted by molar-refractivity contribution is -0.124. The van der Waals surface area contributed by atoms with Gasteiger partial charge in [-0.2, -0.15) is 0 Å². The third kappa shape index (κ3) is 5.50. The van der Waals surface area contributed by atoms with Crippen molar-refractivity contribution in [2.45, 2.75) is 51.6 Å². The van der Waals surface area contributed by atoms with E-state index in [1.54, 1.807) is 0 Å². The van der Waals surface area contributed by atoms with Gasteiger partial charge < -0.3 is 15.2 Å². The van der Waals surface area contributed by atoms with E-state index in [4.69, 9.17) is 4.74 Å². The van der Waals surface area contributed by atoms with Crippen LogP contribution in [0.2, 0.25) is 0 Å². The number of amides is 1. The molecule has 1 amide bonds. The summed E-state index contributed by atoms with van der Waals surface area (Å²) >= 11 is 0. The van der Waals surface area contributed by atoms with Gasteiger partial charge in [-0.1, -0.05) is 26.7 Å². The van der Waals surface area contributed by atoms with E-state index >= 15 is 0 Å². The van der Waals surface area contributed by atoms with Gasteiger partial charge in [-0.15, -0.1) is 0 Å². The molecule has 1 saturated heterocycles. The second-order valence-electron chi connectivity index (χ2n) is 5.21. The Kier molecular flexibility index (Phi) is 5.92. The van der Waals surface area contributed by atoms with Crippen LogP contribution in [-0.4, -0.2) is 36.4 Å². The standard InChI is InChI=1S/C13H25NO3/c1-3-4-11(2)9-12(15)14-10-13(16)5-7-17-8-6-13/h11,16H,3-10H2,1-2H3,(H,14,15). The van der Waals surface area contributed by atoms with Crippen molar-refractivity contribution in [1.82, 2.24) is 5.32 Å². The van der Waals surface area contributed by atoms with E-state index in [0.717, 1.165) is 12.8 Å². The summed E-state index contributed by atoms with van der Waals surface area (Å²) in [7, 11) is 0.